The molecular weight excluding hydrogens is 391 g/mol. The van der Waals surface area contributed by atoms with Gasteiger partial charge in [-0.05, 0) is 37.8 Å². The Labute approximate surface area is 164 Å². The van der Waals surface area contributed by atoms with E-state index in [4.69, 9.17) is 10.5 Å². The summed E-state index contributed by atoms with van der Waals surface area (Å²) >= 11 is 0.819. The van der Waals surface area contributed by atoms with Crippen LogP contribution in [0.2, 0.25) is 0 Å². The van der Waals surface area contributed by atoms with Crippen molar-refractivity contribution < 1.29 is 17.9 Å². The van der Waals surface area contributed by atoms with Crippen LogP contribution in [0.4, 0.5) is 24.8 Å². The van der Waals surface area contributed by atoms with Gasteiger partial charge >= 0.3 is 6.18 Å². The predicted octanol–water partition coefficient (Wildman–Crippen LogP) is 3.77. The van der Waals surface area contributed by atoms with Crippen molar-refractivity contribution in [2.24, 2.45) is 0 Å². The number of pyridine rings is 1. The van der Waals surface area contributed by atoms with Crippen LogP contribution in [-0.4, -0.2) is 40.2 Å². The normalized spacial score (nSPS) is 19.3. The molecule has 0 aromatic carbocycles. The highest BCUT2D eigenvalue weighted by atomic mass is 32.2. The first-order valence-corrected chi connectivity index (χ1v) is 9.89. The molecule has 6 nitrogen and oxygen atoms in total. The summed E-state index contributed by atoms with van der Waals surface area (Å²) in [6.45, 7) is 2.41. The summed E-state index contributed by atoms with van der Waals surface area (Å²) in [5.41, 5.74) is 5.05. The van der Waals surface area contributed by atoms with E-state index in [2.05, 4.69) is 19.9 Å². The molecule has 2 N–H and O–H groups in total. The van der Waals surface area contributed by atoms with Crippen LogP contribution in [0, 0.1) is 0 Å². The summed E-state index contributed by atoms with van der Waals surface area (Å²) in [6, 6.07) is 2.80. The van der Waals surface area contributed by atoms with E-state index in [1.807, 2.05) is 0 Å². The van der Waals surface area contributed by atoms with E-state index in [0.29, 0.717) is 5.82 Å². The topological polar surface area (TPSA) is 77.2 Å². The smallest absolute Gasteiger partial charge is 0.381 e. The van der Waals surface area contributed by atoms with Gasteiger partial charge in [0, 0.05) is 30.8 Å². The summed E-state index contributed by atoms with van der Waals surface area (Å²) in [5.74, 6) is 0.744. The van der Waals surface area contributed by atoms with Crippen molar-refractivity contribution in [3.63, 3.8) is 0 Å². The van der Waals surface area contributed by atoms with Crippen LogP contribution in [0.25, 0.3) is 0 Å². The van der Waals surface area contributed by atoms with E-state index in [0.717, 1.165) is 63.3 Å². The van der Waals surface area contributed by atoms with Crippen molar-refractivity contribution in [2.75, 3.05) is 30.3 Å². The number of halogens is 3. The Hall–Kier alpha value is -2.07. The van der Waals surface area contributed by atoms with E-state index in [-0.39, 0.29) is 21.3 Å². The van der Waals surface area contributed by atoms with Crippen molar-refractivity contribution >= 4 is 23.4 Å². The summed E-state index contributed by atoms with van der Waals surface area (Å²) < 4.78 is 45.3. The fraction of sp³-hybridized carbons (Fsp3) is 0.500. The molecule has 2 aromatic rings. The summed E-state index contributed by atoms with van der Waals surface area (Å²) in [5, 5.41) is 0.231. The highest BCUT2D eigenvalue weighted by molar-refractivity contribution is 7.99. The number of aromatic nitrogens is 3. The highest BCUT2D eigenvalue weighted by Gasteiger charge is 2.39. The summed E-state index contributed by atoms with van der Waals surface area (Å²) in [6.07, 6.45) is 2.19. The van der Waals surface area contributed by atoms with Gasteiger partial charge in [-0.1, -0.05) is 11.8 Å². The van der Waals surface area contributed by atoms with E-state index in [1.54, 1.807) is 6.20 Å². The van der Waals surface area contributed by atoms with Crippen molar-refractivity contribution in [1.29, 1.82) is 0 Å². The SMILES string of the molecule is Nc1nc(N2CCC3(CCCO3)CC2)cnc1Sc1cccnc1C(F)(F)F. The minimum Gasteiger partial charge on any atom is -0.381 e. The van der Waals surface area contributed by atoms with Gasteiger partial charge in [0.2, 0.25) is 0 Å². The van der Waals surface area contributed by atoms with Gasteiger partial charge in [0.15, 0.2) is 11.5 Å². The quantitative estimate of drug-likeness (QED) is 0.824. The molecule has 4 rings (SSSR count). The maximum Gasteiger partial charge on any atom is 0.434 e. The highest BCUT2D eigenvalue weighted by Crippen LogP contribution is 2.40. The van der Waals surface area contributed by atoms with Crippen LogP contribution in [0.3, 0.4) is 0 Å². The van der Waals surface area contributed by atoms with E-state index in [1.165, 1.54) is 12.1 Å². The Morgan fingerprint density at radius 3 is 2.61 bits per heavy atom. The third-order valence-electron chi connectivity index (χ3n) is 5.18. The number of ether oxygens (including phenoxy) is 1. The molecule has 0 atom stereocenters. The van der Waals surface area contributed by atoms with Crippen LogP contribution in [0.15, 0.2) is 34.4 Å². The number of nitrogens with two attached hydrogens (primary N) is 1. The fourth-order valence-electron chi connectivity index (χ4n) is 3.70. The van der Waals surface area contributed by atoms with Gasteiger partial charge in [-0.25, -0.2) is 9.97 Å². The summed E-state index contributed by atoms with van der Waals surface area (Å²) in [7, 11) is 0. The molecule has 10 heteroatoms. The molecule has 2 fully saturated rings. The van der Waals surface area contributed by atoms with Gasteiger partial charge < -0.3 is 15.4 Å². The number of rotatable bonds is 3. The Bertz CT molecular complexity index is 847. The molecule has 0 aliphatic carbocycles. The van der Waals surface area contributed by atoms with Crippen molar-refractivity contribution in [2.45, 2.75) is 47.4 Å². The Morgan fingerprint density at radius 2 is 1.96 bits per heavy atom. The van der Waals surface area contributed by atoms with Gasteiger partial charge in [-0.2, -0.15) is 13.2 Å². The second-order valence-electron chi connectivity index (χ2n) is 6.99. The third-order valence-corrected chi connectivity index (χ3v) is 6.24. The van der Waals surface area contributed by atoms with Crippen LogP contribution in [0.5, 0.6) is 0 Å². The van der Waals surface area contributed by atoms with Gasteiger partial charge in [0.05, 0.1) is 11.8 Å². The number of piperidine rings is 1. The average Bonchev–Trinajstić information content (AvgIpc) is 3.12. The zero-order valence-electron chi connectivity index (χ0n) is 15.1. The van der Waals surface area contributed by atoms with Gasteiger partial charge in [0.25, 0.3) is 0 Å². The lowest BCUT2D eigenvalue weighted by molar-refractivity contribution is -0.143. The van der Waals surface area contributed by atoms with Crippen molar-refractivity contribution in [1.82, 2.24) is 15.0 Å². The standard InChI is InChI=1S/C18H20F3N5OS/c19-18(20,21)14-12(3-1-7-23-14)28-16-15(22)25-13(11-24-16)26-8-5-17(6-9-26)4-2-10-27-17/h1,3,7,11H,2,4-6,8-10H2,(H2,22,25). The molecule has 2 aliphatic heterocycles. The molecule has 0 amide bonds. The third kappa shape index (κ3) is 3.88. The number of anilines is 2. The molecular formula is C18H20F3N5OS. The average molecular weight is 411 g/mol. The van der Waals surface area contributed by atoms with Gasteiger partial charge in [0.1, 0.15) is 10.8 Å². The lowest BCUT2D eigenvalue weighted by atomic mass is 9.89. The number of hydrogen-bond acceptors (Lipinski definition) is 7. The zero-order chi connectivity index (χ0) is 19.8. The van der Waals surface area contributed by atoms with Crippen LogP contribution < -0.4 is 10.6 Å². The van der Waals surface area contributed by atoms with E-state index in [9.17, 15) is 13.2 Å². The molecule has 0 bridgehead atoms. The summed E-state index contributed by atoms with van der Waals surface area (Å²) in [4.78, 5) is 14.1. The van der Waals surface area contributed by atoms with Gasteiger partial charge in [-0.3, -0.25) is 4.98 Å². The second kappa shape index (κ2) is 7.40. The first-order chi connectivity index (χ1) is 13.4. The lowest BCUT2D eigenvalue weighted by Gasteiger charge is -2.39. The number of nitrogen functional groups attached to an aromatic ring is 1. The molecule has 2 aliphatic rings. The second-order valence-corrected chi connectivity index (χ2v) is 8.02. The lowest BCUT2D eigenvalue weighted by Crippen LogP contribution is -2.44. The minimum absolute atomic E-state index is 0.000426. The Kier molecular flexibility index (Phi) is 5.09. The first kappa shape index (κ1) is 19.3. The molecule has 0 radical (unpaired) electrons. The van der Waals surface area contributed by atoms with Crippen LogP contribution in [-0.2, 0) is 10.9 Å². The Morgan fingerprint density at radius 1 is 1.18 bits per heavy atom. The maximum atomic E-state index is 13.1. The number of nitrogens with zero attached hydrogens (tertiary/aromatic N) is 4. The van der Waals surface area contributed by atoms with Crippen molar-refractivity contribution in [3.05, 3.63) is 30.2 Å². The van der Waals surface area contributed by atoms with Gasteiger partial charge in [-0.15, -0.1) is 0 Å². The first-order valence-electron chi connectivity index (χ1n) is 9.08. The largest absolute Gasteiger partial charge is 0.434 e. The monoisotopic (exact) mass is 411 g/mol. The molecule has 0 unspecified atom stereocenters. The van der Waals surface area contributed by atoms with Crippen LogP contribution >= 0.6 is 11.8 Å². The number of alkyl halides is 3. The molecule has 150 valence electrons. The van der Waals surface area contributed by atoms with Crippen LogP contribution in [0.1, 0.15) is 31.4 Å². The molecule has 28 heavy (non-hydrogen) atoms. The molecule has 4 heterocycles. The van der Waals surface area contributed by atoms with Crippen molar-refractivity contribution in [3.8, 4) is 0 Å². The fourth-order valence-corrected chi connectivity index (χ4v) is 4.57. The maximum absolute atomic E-state index is 13.1. The predicted molar refractivity (Wildman–Crippen MR) is 99.2 cm³/mol. The number of hydrogen-bond donors (Lipinski definition) is 1. The Balaban J connectivity index is 1.49. The molecule has 2 saturated heterocycles. The molecule has 1 spiro atoms. The minimum atomic E-state index is -4.54. The molecule has 0 saturated carbocycles. The van der Waals surface area contributed by atoms with E-state index < -0.39 is 11.9 Å². The molecule has 2 aromatic heterocycles. The zero-order valence-corrected chi connectivity index (χ0v) is 15.9. The van der Waals surface area contributed by atoms with E-state index >= 15 is 0 Å².